The van der Waals surface area contributed by atoms with Crippen molar-refractivity contribution in [3.05, 3.63) is 46.2 Å². The van der Waals surface area contributed by atoms with E-state index in [4.69, 9.17) is 23.2 Å². The minimum Gasteiger partial charge on any atom is -0.310 e. The average Bonchev–Trinajstić information content (AvgIpc) is 3.20. The second-order valence-electron chi connectivity index (χ2n) is 4.73. The molecule has 2 aromatic rings. The predicted molar refractivity (Wildman–Crippen MR) is 77.3 cm³/mol. The third kappa shape index (κ3) is 3.44. The van der Waals surface area contributed by atoms with Gasteiger partial charge in [0.25, 0.3) is 0 Å². The van der Waals surface area contributed by atoms with Gasteiger partial charge in [-0.15, -0.1) is 0 Å². The van der Waals surface area contributed by atoms with Crippen LogP contribution in [0.25, 0.3) is 11.4 Å². The van der Waals surface area contributed by atoms with Gasteiger partial charge in [-0.25, -0.2) is 9.97 Å². The summed E-state index contributed by atoms with van der Waals surface area (Å²) in [5.74, 6) is 0.638. The first kappa shape index (κ1) is 12.9. The Labute approximate surface area is 122 Å². The molecule has 0 saturated heterocycles. The van der Waals surface area contributed by atoms with E-state index in [0.29, 0.717) is 21.9 Å². The van der Waals surface area contributed by atoms with Gasteiger partial charge in [-0.1, -0.05) is 23.2 Å². The minimum absolute atomic E-state index is 0.588. The van der Waals surface area contributed by atoms with Crippen LogP contribution in [-0.4, -0.2) is 16.0 Å². The molecule has 1 aliphatic rings. The summed E-state index contributed by atoms with van der Waals surface area (Å²) >= 11 is 11.9. The van der Waals surface area contributed by atoms with E-state index in [9.17, 15) is 0 Å². The highest BCUT2D eigenvalue weighted by atomic mass is 35.5. The van der Waals surface area contributed by atoms with Crippen LogP contribution in [-0.2, 0) is 6.54 Å². The molecule has 0 amide bonds. The lowest BCUT2D eigenvalue weighted by Gasteiger charge is -2.05. The molecule has 0 bridgehead atoms. The first-order valence-electron chi connectivity index (χ1n) is 6.21. The Balaban J connectivity index is 1.76. The number of benzene rings is 1. The first-order chi connectivity index (χ1) is 9.20. The molecule has 1 fully saturated rings. The van der Waals surface area contributed by atoms with Gasteiger partial charge in [0.2, 0.25) is 0 Å². The van der Waals surface area contributed by atoms with E-state index in [1.165, 1.54) is 12.8 Å². The molecular formula is C14H13Cl2N3. The van der Waals surface area contributed by atoms with E-state index < -0.39 is 0 Å². The number of hydrogen-bond acceptors (Lipinski definition) is 3. The van der Waals surface area contributed by atoms with Crippen molar-refractivity contribution in [2.45, 2.75) is 25.4 Å². The van der Waals surface area contributed by atoms with Crippen molar-refractivity contribution in [1.29, 1.82) is 0 Å². The summed E-state index contributed by atoms with van der Waals surface area (Å²) in [5, 5.41) is 4.61. The Morgan fingerprint density at radius 2 is 1.68 bits per heavy atom. The van der Waals surface area contributed by atoms with Crippen LogP contribution < -0.4 is 5.32 Å². The van der Waals surface area contributed by atoms with Crippen LogP contribution in [0.2, 0.25) is 10.0 Å². The van der Waals surface area contributed by atoms with Crippen molar-refractivity contribution in [1.82, 2.24) is 15.3 Å². The molecule has 1 aromatic heterocycles. The normalized spacial score (nSPS) is 14.6. The molecule has 0 atom stereocenters. The summed E-state index contributed by atoms with van der Waals surface area (Å²) in [4.78, 5) is 8.72. The number of halogens is 2. The molecule has 98 valence electrons. The van der Waals surface area contributed by atoms with Crippen molar-refractivity contribution in [2.24, 2.45) is 0 Å². The quantitative estimate of drug-likeness (QED) is 0.934. The second kappa shape index (κ2) is 5.45. The molecule has 0 spiro atoms. The van der Waals surface area contributed by atoms with Gasteiger partial charge in [-0.2, -0.15) is 0 Å². The number of rotatable bonds is 4. The number of nitrogens with one attached hydrogen (secondary N) is 1. The maximum Gasteiger partial charge on any atom is 0.159 e. The highest BCUT2D eigenvalue weighted by Gasteiger charge is 2.19. The van der Waals surface area contributed by atoms with Gasteiger partial charge in [0.05, 0.1) is 0 Å². The van der Waals surface area contributed by atoms with E-state index in [1.807, 2.05) is 24.5 Å². The Hall–Kier alpha value is -1.16. The largest absolute Gasteiger partial charge is 0.310 e. The van der Waals surface area contributed by atoms with Crippen LogP contribution in [0.4, 0.5) is 0 Å². The van der Waals surface area contributed by atoms with Crippen molar-refractivity contribution in [3.8, 4) is 11.4 Å². The lowest BCUT2D eigenvalue weighted by Crippen LogP contribution is -2.15. The molecule has 1 N–H and O–H groups in total. The molecule has 1 saturated carbocycles. The number of aromatic nitrogens is 2. The van der Waals surface area contributed by atoms with Crippen molar-refractivity contribution in [3.63, 3.8) is 0 Å². The van der Waals surface area contributed by atoms with Gasteiger partial charge >= 0.3 is 0 Å². The Bertz CT molecular complexity index is 559. The van der Waals surface area contributed by atoms with Gasteiger partial charge in [0.15, 0.2) is 5.82 Å². The third-order valence-electron chi connectivity index (χ3n) is 3.00. The molecule has 3 nitrogen and oxygen atoms in total. The van der Waals surface area contributed by atoms with Crippen molar-refractivity contribution >= 4 is 23.2 Å². The van der Waals surface area contributed by atoms with Gasteiger partial charge in [-0.05, 0) is 31.0 Å². The van der Waals surface area contributed by atoms with E-state index in [1.54, 1.807) is 6.07 Å². The lowest BCUT2D eigenvalue weighted by atomic mass is 10.2. The van der Waals surface area contributed by atoms with Gasteiger partial charge in [0.1, 0.15) is 0 Å². The van der Waals surface area contributed by atoms with Crippen LogP contribution in [0.5, 0.6) is 0 Å². The summed E-state index contributed by atoms with van der Waals surface area (Å²) in [6.07, 6.45) is 6.24. The van der Waals surface area contributed by atoms with Crippen LogP contribution in [0.3, 0.4) is 0 Å². The molecule has 19 heavy (non-hydrogen) atoms. The Kier molecular flexibility index (Phi) is 3.69. The van der Waals surface area contributed by atoms with Crippen LogP contribution in [0.15, 0.2) is 30.6 Å². The number of nitrogens with zero attached hydrogens (tertiary/aromatic N) is 2. The lowest BCUT2D eigenvalue weighted by molar-refractivity contribution is 0.683. The van der Waals surface area contributed by atoms with Crippen LogP contribution >= 0.6 is 23.2 Å². The SMILES string of the molecule is Clc1cc(Cl)cc(-c2ncc(CNC3CC3)cn2)c1. The van der Waals surface area contributed by atoms with E-state index in [2.05, 4.69) is 15.3 Å². The summed E-state index contributed by atoms with van der Waals surface area (Å²) in [5.41, 5.74) is 1.92. The van der Waals surface area contributed by atoms with Crippen LogP contribution in [0, 0.1) is 0 Å². The summed E-state index contributed by atoms with van der Waals surface area (Å²) in [6.45, 7) is 0.821. The fraction of sp³-hybridized carbons (Fsp3) is 0.286. The molecular weight excluding hydrogens is 281 g/mol. The summed E-state index contributed by atoms with van der Waals surface area (Å²) in [7, 11) is 0. The van der Waals surface area contributed by atoms with Crippen LogP contribution in [0.1, 0.15) is 18.4 Å². The standard InChI is InChI=1S/C14H13Cl2N3/c15-11-3-10(4-12(16)5-11)14-18-7-9(8-19-14)6-17-13-1-2-13/h3-5,7-8,13,17H,1-2,6H2. The fourth-order valence-electron chi connectivity index (χ4n) is 1.83. The zero-order valence-electron chi connectivity index (χ0n) is 10.2. The maximum absolute atomic E-state index is 5.97. The predicted octanol–water partition coefficient (Wildman–Crippen LogP) is 3.70. The van der Waals surface area contributed by atoms with Gasteiger partial charge in [0, 0.05) is 46.2 Å². The number of hydrogen-bond donors (Lipinski definition) is 1. The van der Waals surface area contributed by atoms with Crippen molar-refractivity contribution in [2.75, 3.05) is 0 Å². The maximum atomic E-state index is 5.97. The molecule has 1 aliphatic carbocycles. The fourth-order valence-corrected chi connectivity index (χ4v) is 2.35. The molecule has 1 heterocycles. The molecule has 0 unspecified atom stereocenters. The highest BCUT2D eigenvalue weighted by molar-refractivity contribution is 6.35. The smallest absolute Gasteiger partial charge is 0.159 e. The first-order valence-corrected chi connectivity index (χ1v) is 6.97. The van der Waals surface area contributed by atoms with Gasteiger partial charge < -0.3 is 5.32 Å². The highest BCUT2D eigenvalue weighted by Crippen LogP contribution is 2.25. The Morgan fingerprint density at radius 1 is 1.05 bits per heavy atom. The Morgan fingerprint density at radius 3 is 2.26 bits per heavy atom. The van der Waals surface area contributed by atoms with E-state index in [-0.39, 0.29) is 0 Å². The third-order valence-corrected chi connectivity index (χ3v) is 3.43. The van der Waals surface area contributed by atoms with E-state index in [0.717, 1.165) is 17.7 Å². The second-order valence-corrected chi connectivity index (χ2v) is 5.60. The summed E-state index contributed by atoms with van der Waals surface area (Å²) < 4.78 is 0. The molecule has 0 aliphatic heterocycles. The van der Waals surface area contributed by atoms with Gasteiger partial charge in [-0.3, -0.25) is 0 Å². The molecule has 0 radical (unpaired) electrons. The van der Waals surface area contributed by atoms with Crippen molar-refractivity contribution < 1.29 is 0 Å². The molecule has 5 heteroatoms. The summed E-state index contributed by atoms with van der Waals surface area (Å²) in [6, 6.07) is 6.00. The van der Waals surface area contributed by atoms with E-state index >= 15 is 0 Å². The molecule has 3 rings (SSSR count). The average molecular weight is 294 g/mol. The topological polar surface area (TPSA) is 37.8 Å². The minimum atomic E-state index is 0.588. The zero-order chi connectivity index (χ0) is 13.2. The monoisotopic (exact) mass is 293 g/mol. The molecule has 1 aromatic carbocycles. The zero-order valence-corrected chi connectivity index (χ0v) is 11.7.